The molecule has 0 amide bonds. The summed E-state index contributed by atoms with van der Waals surface area (Å²) in [5.74, 6) is 1.87. The topological polar surface area (TPSA) is 49.7 Å². The van der Waals surface area contributed by atoms with Crippen molar-refractivity contribution in [2.75, 3.05) is 13.2 Å². The van der Waals surface area contributed by atoms with E-state index in [0.29, 0.717) is 42.6 Å². The number of aliphatic hydroxyl groups is 2. The second-order valence-electron chi connectivity index (χ2n) is 12.9. The van der Waals surface area contributed by atoms with Gasteiger partial charge in [-0.2, -0.15) is 0 Å². The van der Waals surface area contributed by atoms with Gasteiger partial charge in [0.15, 0.2) is 0 Å². The zero-order chi connectivity index (χ0) is 25.2. The molecule has 0 aromatic carbocycles. The van der Waals surface area contributed by atoms with Gasteiger partial charge in [-0.05, 0) is 96.7 Å². The summed E-state index contributed by atoms with van der Waals surface area (Å²) in [5.41, 5.74) is 5.27. The number of hydrogen-bond donors (Lipinski definition) is 2. The van der Waals surface area contributed by atoms with E-state index in [1.54, 1.807) is 5.57 Å². The molecule has 3 heteroatoms. The number of allylic oxidation sites excluding steroid dienone is 3. The Morgan fingerprint density at radius 2 is 1.83 bits per heavy atom. The lowest BCUT2D eigenvalue weighted by Gasteiger charge is -2.44. The molecule has 196 valence electrons. The molecule has 0 radical (unpaired) electrons. The van der Waals surface area contributed by atoms with E-state index in [0.717, 1.165) is 24.2 Å². The van der Waals surface area contributed by atoms with Gasteiger partial charge in [0.1, 0.15) is 0 Å². The van der Waals surface area contributed by atoms with Crippen molar-refractivity contribution in [1.29, 1.82) is 0 Å². The summed E-state index contributed by atoms with van der Waals surface area (Å²) in [5, 5.41) is 20.3. The van der Waals surface area contributed by atoms with Crippen LogP contribution in [0.1, 0.15) is 97.8 Å². The van der Waals surface area contributed by atoms with E-state index in [1.165, 1.54) is 63.4 Å². The van der Waals surface area contributed by atoms with Crippen molar-refractivity contribution in [2.24, 2.45) is 28.6 Å². The first-order valence-electron chi connectivity index (χ1n) is 14.3. The second-order valence-corrected chi connectivity index (χ2v) is 12.9. The minimum absolute atomic E-state index is 0.277. The zero-order valence-corrected chi connectivity index (χ0v) is 22.7. The Hall–Kier alpha value is -1.16. The van der Waals surface area contributed by atoms with Crippen molar-refractivity contribution in [3.63, 3.8) is 0 Å². The first-order chi connectivity index (χ1) is 16.6. The maximum Gasteiger partial charge on any atom is 0.0811 e. The van der Waals surface area contributed by atoms with E-state index in [4.69, 9.17) is 4.74 Å². The molecule has 0 heterocycles. The van der Waals surface area contributed by atoms with Crippen molar-refractivity contribution in [2.45, 2.75) is 110 Å². The number of aliphatic hydroxyl groups excluding tert-OH is 2. The van der Waals surface area contributed by atoms with Gasteiger partial charge in [0, 0.05) is 13.0 Å². The van der Waals surface area contributed by atoms with Crippen LogP contribution in [0.15, 0.2) is 47.6 Å². The van der Waals surface area contributed by atoms with Crippen molar-refractivity contribution in [3.8, 4) is 0 Å². The fourth-order valence-electron chi connectivity index (χ4n) is 8.02. The van der Waals surface area contributed by atoms with E-state index in [2.05, 4.69) is 46.1 Å². The van der Waals surface area contributed by atoms with E-state index in [1.807, 2.05) is 0 Å². The fraction of sp³-hybridized carbons (Fsp3) is 0.750. The molecule has 2 N–H and O–H groups in total. The molecule has 0 aromatic heterocycles. The third-order valence-electron chi connectivity index (χ3n) is 10.5. The lowest BCUT2D eigenvalue weighted by molar-refractivity contribution is 0.0364. The summed E-state index contributed by atoms with van der Waals surface area (Å²) in [4.78, 5) is 0. The van der Waals surface area contributed by atoms with Crippen molar-refractivity contribution < 1.29 is 14.9 Å². The van der Waals surface area contributed by atoms with Crippen LogP contribution in [0.2, 0.25) is 0 Å². The fourth-order valence-corrected chi connectivity index (χ4v) is 8.02. The third-order valence-corrected chi connectivity index (χ3v) is 10.5. The van der Waals surface area contributed by atoms with Crippen molar-refractivity contribution >= 4 is 0 Å². The Labute approximate surface area is 214 Å². The van der Waals surface area contributed by atoms with Gasteiger partial charge in [-0.3, -0.25) is 0 Å². The highest BCUT2D eigenvalue weighted by Gasteiger charge is 2.50. The largest absolute Gasteiger partial charge is 0.393 e. The van der Waals surface area contributed by atoms with Crippen LogP contribution >= 0.6 is 0 Å². The number of fused-ring (bicyclic) bond motifs is 1. The molecule has 0 bridgehead atoms. The van der Waals surface area contributed by atoms with Crippen LogP contribution < -0.4 is 0 Å². The first-order valence-corrected chi connectivity index (χ1v) is 14.3. The molecule has 4 saturated carbocycles. The number of ether oxygens (including phenoxy) is 1. The van der Waals surface area contributed by atoms with E-state index < -0.39 is 12.2 Å². The van der Waals surface area contributed by atoms with Crippen LogP contribution in [0.5, 0.6) is 0 Å². The second kappa shape index (κ2) is 11.1. The molecule has 0 spiro atoms. The van der Waals surface area contributed by atoms with Gasteiger partial charge in [-0.25, -0.2) is 0 Å². The monoisotopic (exact) mass is 482 g/mol. The predicted octanol–water partition coefficient (Wildman–Crippen LogP) is 7.31. The number of rotatable bonds is 7. The van der Waals surface area contributed by atoms with Crippen LogP contribution in [0, 0.1) is 28.6 Å². The summed E-state index contributed by atoms with van der Waals surface area (Å²) in [6, 6.07) is 0. The standard InChI is InChI=1S/C32H50O3/c1-22(20-35-21-23(2)31(4)15-7-6-8-16-31)28-13-14-29-25(10-9-17-32(28,29)5)11-12-26-18-27(33)19-30(34)24(26)3/h11-12,22,27-30,33-34H,2-3,6-10,13-21H2,1,4-5H3/b25-11-,26-12+/t22-,27-,28-,29+,30+,32-/m1/s1. The number of hydrogen-bond acceptors (Lipinski definition) is 3. The predicted molar refractivity (Wildman–Crippen MR) is 145 cm³/mol. The molecule has 4 aliphatic carbocycles. The van der Waals surface area contributed by atoms with Gasteiger partial charge in [-0.1, -0.05) is 70.9 Å². The molecule has 6 atom stereocenters. The Morgan fingerprint density at radius 3 is 2.57 bits per heavy atom. The van der Waals surface area contributed by atoms with Gasteiger partial charge in [0.05, 0.1) is 18.8 Å². The van der Waals surface area contributed by atoms with Gasteiger partial charge in [0.25, 0.3) is 0 Å². The lowest BCUT2D eigenvalue weighted by atomic mass is 9.61. The van der Waals surface area contributed by atoms with E-state index in [9.17, 15) is 10.2 Å². The summed E-state index contributed by atoms with van der Waals surface area (Å²) in [6.45, 7) is 17.4. The Balaban J connectivity index is 1.36. The molecule has 0 aliphatic heterocycles. The highest BCUT2D eigenvalue weighted by atomic mass is 16.5. The van der Waals surface area contributed by atoms with Gasteiger partial charge >= 0.3 is 0 Å². The summed E-state index contributed by atoms with van der Waals surface area (Å²) < 4.78 is 6.32. The third kappa shape index (κ3) is 5.73. The molecule has 4 fully saturated rings. The summed E-state index contributed by atoms with van der Waals surface area (Å²) >= 11 is 0. The van der Waals surface area contributed by atoms with Crippen molar-refractivity contribution in [1.82, 2.24) is 0 Å². The van der Waals surface area contributed by atoms with Crippen LogP contribution in [-0.2, 0) is 4.74 Å². The molecule has 0 aromatic rings. The van der Waals surface area contributed by atoms with Gasteiger partial charge in [-0.15, -0.1) is 0 Å². The normalized spacial score (nSPS) is 38.5. The highest BCUT2D eigenvalue weighted by Crippen LogP contribution is 2.59. The molecular weight excluding hydrogens is 432 g/mol. The summed E-state index contributed by atoms with van der Waals surface area (Å²) in [7, 11) is 0. The van der Waals surface area contributed by atoms with E-state index in [-0.39, 0.29) is 5.41 Å². The zero-order valence-electron chi connectivity index (χ0n) is 22.7. The van der Waals surface area contributed by atoms with Crippen LogP contribution in [0.4, 0.5) is 0 Å². The quantitative estimate of drug-likeness (QED) is 0.374. The molecular formula is C32H50O3. The maximum atomic E-state index is 10.2. The smallest absolute Gasteiger partial charge is 0.0811 e. The highest BCUT2D eigenvalue weighted by molar-refractivity contribution is 5.38. The summed E-state index contributed by atoms with van der Waals surface area (Å²) in [6.07, 6.45) is 17.2. The van der Waals surface area contributed by atoms with Gasteiger partial charge in [0.2, 0.25) is 0 Å². The SMILES string of the molecule is C=C1/C(=C/C=C2/CCC[C@]3(C)[C@@H]([C@H](C)COCC(=C)C4(C)CCCCC4)CC[C@@H]23)C[C@@H](O)C[C@@H]1O. The Morgan fingerprint density at radius 1 is 1.09 bits per heavy atom. The molecule has 4 rings (SSSR count). The average Bonchev–Trinajstić information content (AvgIpc) is 3.18. The molecule has 4 aliphatic rings. The van der Waals surface area contributed by atoms with Crippen LogP contribution in [0.3, 0.4) is 0 Å². The Kier molecular flexibility index (Phi) is 8.51. The molecule has 3 nitrogen and oxygen atoms in total. The van der Waals surface area contributed by atoms with Crippen molar-refractivity contribution in [3.05, 3.63) is 47.6 Å². The van der Waals surface area contributed by atoms with Crippen LogP contribution in [0.25, 0.3) is 0 Å². The minimum Gasteiger partial charge on any atom is -0.393 e. The molecule has 35 heavy (non-hydrogen) atoms. The molecule has 0 unspecified atom stereocenters. The minimum atomic E-state index is -0.617. The maximum absolute atomic E-state index is 10.2. The lowest BCUT2D eigenvalue weighted by Crippen LogP contribution is -2.37. The first kappa shape index (κ1) is 26.9. The van der Waals surface area contributed by atoms with Crippen LogP contribution in [-0.4, -0.2) is 35.6 Å². The van der Waals surface area contributed by atoms with Gasteiger partial charge < -0.3 is 14.9 Å². The average molecular weight is 483 g/mol. The van der Waals surface area contributed by atoms with E-state index >= 15 is 0 Å². The Bertz CT molecular complexity index is 845. The molecule has 0 saturated heterocycles.